The molecule has 1 aromatic carbocycles. The summed E-state index contributed by atoms with van der Waals surface area (Å²) in [6.45, 7) is 0. The van der Waals surface area contributed by atoms with Gasteiger partial charge in [-0.25, -0.2) is 0 Å². The number of nitrogens with zero attached hydrogens (tertiary/aromatic N) is 3. The molecule has 0 saturated carbocycles. The highest BCUT2D eigenvalue weighted by Gasteiger charge is 2.09. The highest BCUT2D eigenvalue weighted by atomic mass is 79.9. The summed E-state index contributed by atoms with van der Waals surface area (Å²) in [6.07, 6.45) is 0. The monoisotopic (exact) mass is 268 g/mol. The number of nitroso groups, excluding NO2 is 1. The van der Waals surface area contributed by atoms with E-state index in [0.717, 1.165) is 0 Å². The Morgan fingerprint density at radius 1 is 1.40 bits per heavy atom. The molecule has 1 aromatic heterocycles. The van der Waals surface area contributed by atoms with Gasteiger partial charge in [-0.3, -0.25) is 0 Å². The van der Waals surface area contributed by atoms with E-state index in [-0.39, 0.29) is 11.5 Å². The molecule has 6 nitrogen and oxygen atoms in total. The van der Waals surface area contributed by atoms with Crippen molar-refractivity contribution < 1.29 is 5.11 Å². The lowest BCUT2D eigenvalue weighted by Gasteiger charge is -2.03. The summed E-state index contributed by atoms with van der Waals surface area (Å²) < 4.78 is 0.527. The van der Waals surface area contributed by atoms with E-state index in [2.05, 4.69) is 31.1 Å². The maximum Gasteiger partial charge on any atom is 0.316 e. The summed E-state index contributed by atoms with van der Waals surface area (Å²) in [5.74, 6) is 0.101. The van der Waals surface area contributed by atoms with Gasteiger partial charge in [0.2, 0.25) is 0 Å². The van der Waals surface area contributed by atoms with E-state index < -0.39 is 6.01 Å². The van der Waals surface area contributed by atoms with Crippen molar-refractivity contribution in [3.63, 3.8) is 0 Å². The molecule has 1 heterocycles. The first kappa shape index (κ1) is 9.78. The van der Waals surface area contributed by atoms with Crippen LogP contribution in [0.4, 0.5) is 11.5 Å². The van der Waals surface area contributed by atoms with Gasteiger partial charge in [0, 0.05) is 9.86 Å². The van der Waals surface area contributed by atoms with Gasteiger partial charge >= 0.3 is 6.01 Å². The van der Waals surface area contributed by atoms with Crippen molar-refractivity contribution in [2.45, 2.75) is 0 Å². The second kappa shape index (κ2) is 3.43. The average Bonchev–Trinajstić information content (AvgIpc) is 2.19. The van der Waals surface area contributed by atoms with Gasteiger partial charge in [0.25, 0.3) is 0 Å². The predicted molar refractivity (Wildman–Crippen MR) is 58.8 cm³/mol. The van der Waals surface area contributed by atoms with E-state index in [4.69, 9.17) is 10.8 Å². The van der Waals surface area contributed by atoms with Gasteiger partial charge in [0.15, 0.2) is 0 Å². The standard InChI is InChI=1S/C8H5BrN4O2/c9-5-2-3(13-15)1-4-6(5)11-8(14)12-7(4)10/h1-2H,(H3,10,11,12,14). The van der Waals surface area contributed by atoms with Crippen LogP contribution in [0.5, 0.6) is 6.01 Å². The van der Waals surface area contributed by atoms with Crippen LogP contribution < -0.4 is 5.73 Å². The van der Waals surface area contributed by atoms with Crippen molar-refractivity contribution in [1.29, 1.82) is 0 Å². The summed E-state index contributed by atoms with van der Waals surface area (Å²) in [5, 5.41) is 12.4. The smallest absolute Gasteiger partial charge is 0.316 e. The highest BCUT2D eigenvalue weighted by Crippen LogP contribution is 2.31. The normalized spacial score (nSPS) is 10.5. The van der Waals surface area contributed by atoms with Gasteiger partial charge in [-0.05, 0) is 33.2 Å². The summed E-state index contributed by atoms with van der Waals surface area (Å²) in [6, 6.07) is 2.54. The first-order chi connectivity index (χ1) is 7.11. The number of halogens is 1. The number of anilines is 1. The van der Waals surface area contributed by atoms with Crippen molar-refractivity contribution in [3.8, 4) is 6.01 Å². The zero-order valence-corrected chi connectivity index (χ0v) is 8.89. The zero-order chi connectivity index (χ0) is 11.0. The number of rotatable bonds is 1. The quantitative estimate of drug-likeness (QED) is 0.771. The van der Waals surface area contributed by atoms with Crippen LogP contribution in [0.2, 0.25) is 0 Å². The van der Waals surface area contributed by atoms with Crippen LogP contribution in [0.25, 0.3) is 10.9 Å². The van der Waals surface area contributed by atoms with Gasteiger partial charge in [-0.15, -0.1) is 4.91 Å². The number of aromatic nitrogens is 2. The second-order valence-electron chi connectivity index (χ2n) is 2.82. The number of fused-ring (bicyclic) bond motifs is 1. The molecule has 0 saturated heterocycles. The van der Waals surface area contributed by atoms with E-state index in [1.54, 1.807) is 0 Å². The second-order valence-corrected chi connectivity index (χ2v) is 3.68. The van der Waals surface area contributed by atoms with Crippen molar-refractivity contribution in [1.82, 2.24) is 9.97 Å². The lowest BCUT2D eigenvalue weighted by atomic mass is 10.2. The number of hydrogen-bond acceptors (Lipinski definition) is 6. The third kappa shape index (κ3) is 1.61. The number of hydrogen-bond donors (Lipinski definition) is 2. The van der Waals surface area contributed by atoms with E-state index in [1.165, 1.54) is 12.1 Å². The average molecular weight is 269 g/mol. The molecule has 76 valence electrons. The van der Waals surface area contributed by atoms with Crippen LogP contribution >= 0.6 is 15.9 Å². The molecule has 0 atom stereocenters. The molecule has 0 unspecified atom stereocenters. The van der Waals surface area contributed by atoms with E-state index in [0.29, 0.717) is 15.4 Å². The first-order valence-corrected chi connectivity index (χ1v) is 4.70. The van der Waals surface area contributed by atoms with Crippen molar-refractivity contribution >= 4 is 38.3 Å². The molecule has 0 amide bonds. The lowest BCUT2D eigenvalue weighted by Crippen LogP contribution is -1.94. The van der Waals surface area contributed by atoms with Crippen LogP contribution in [-0.4, -0.2) is 15.1 Å². The molecule has 0 aliphatic heterocycles. The minimum Gasteiger partial charge on any atom is -0.479 e. The highest BCUT2D eigenvalue weighted by molar-refractivity contribution is 9.10. The van der Waals surface area contributed by atoms with Gasteiger partial charge < -0.3 is 10.8 Å². The lowest BCUT2D eigenvalue weighted by molar-refractivity contribution is 0.434. The van der Waals surface area contributed by atoms with Gasteiger partial charge in [0.1, 0.15) is 11.5 Å². The Kier molecular flexibility index (Phi) is 2.24. The fourth-order valence-corrected chi connectivity index (χ4v) is 1.78. The molecule has 0 aliphatic carbocycles. The zero-order valence-electron chi connectivity index (χ0n) is 7.31. The van der Waals surface area contributed by atoms with Gasteiger partial charge in [0.05, 0.1) is 5.52 Å². The van der Waals surface area contributed by atoms with Crippen LogP contribution in [0.1, 0.15) is 0 Å². The molecule has 0 spiro atoms. The van der Waals surface area contributed by atoms with Gasteiger partial charge in [-0.2, -0.15) is 9.97 Å². The third-order valence-corrected chi connectivity index (χ3v) is 2.47. The fourth-order valence-electron chi connectivity index (χ4n) is 1.24. The molecule has 7 heteroatoms. The predicted octanol–water partition coefficient (Wildman–Crippen LogP) is 2.08. The van der Waals surface area contributed by atoms with E-state index in [1.807, 2.05) is 0 Å². The number of benzene rings is 1. The minimum absolute atomic E-state index is 0.101. The molecular weight excluding hydrogens is 264 g/mol. The molecule has 2 aromatic rings. The van der Waals surface area contributed by atoms with Gasteiger partial charge in [-0.1, -0.05) is 0 Å². The van der Waals surface area contributed by atoms with Crippen LogP contribution in [0.15, 0.2) is 21.8 Å². The maximum atomic E-state index is 10.4. The molecule has 0 radical (unpaired) electrons. The van der Waals surface area contributed by atoms with E-state index in [9.17, 15) is 4.91 Å². The molecule has 0 bridgehead atoms. The Bertz CT molecular complexity index is 558. The van der Waals surface area contributed by atoms with Crippen molar-refractivity contribution in [3.05, 3.63) is 21.5 Å². The maximum absolute atomic E-state index is 10.4. The SMILES string of the molecule is Nc1nc(O)nc2c(Br)cc(N=O)cc12. The topological polar surface area (TPSA) is 101 Å². The summed E-state index contributed by atoms with van der Waals surface area (Å²) in [7, 11) is 0. The fraction of sp³-hybridized carbons (Fsp3) is 0. The Labute approximate surface area is 92.2 Å². The third-order valence-electron chi connectivity index (χ3n) is 1.86. The molecule has 2 rings (SSSR count). The first-order valence-electron chi connectivity index (χ1n) is 3.91. The molecule has 0 aliphatic rings. The molecule has 0 fully saturated rings. The number of aromatic hydroxyl groups is 1. The minimum atomic E-state index is -0.410. The van der Waals surface area contributed by atoms with Crippen molar-refractivity contribution in [2.75, 3.05) is 5.73 Å². The molecular formula is C8H5BrN4O2. The van der Waals surface area contributed by atoms with Crippen LogP contribution in [0, 0.1) is 4.91 Å². The Morgan fingerprint density at radius 3 is 2.80 bits per heavy atom. The number of nitrogen functional groups attached to an aromatic ring is 1. The molecule has 3 N–H and O–H groups in total. The van der Waals surface area contributed by atoms with Crippen LogP contribution in [0.3, 0.4) is 0 Å². The summed E-state index contributed by atoms with van der Waals surface area (Å²) in [5.41, 5.74) is 6.23. The Morgan fingerprint density at radius 2 is 2.13 bits per heavy atom. The van der Waals surface area contributed by atoms with Crippen LogP contribution in [-0.2, 0) is 0 Å². The Hall–Kier alpha value is -1.76. The Balaban J connectivity index is 2.91. The number of nitrogens with two attached hydrogens (primary N) is 1. The van der Waals surface area contributed by atoms with E-state index >= 15 is 0 Å². The van der Waals surface area contributed by atoms with Crippen molar-refractivity contribution in [2.24, 2.45) is 5.18 Å². The summed E-state index contributed by atoms with van der Waals surface area (Å²) in [4.78, 5) is 17.7. The molecule has 15 heavy (non-hydrogen) atoms. The summed E-state index contributed by atoms with van der Waals surface area (Å²) >= 11 is 3.20. The largest absolute Gasteiger partial charge is 0.479 e.